The lowest BCUT2D eigenvalue weighted by atomic mass is 9.87. The van der Waals surface area contributed by atoms with Crippen LogP contribution in [-0.4, -0.2) is 48.9 Å². The van der Waals surface area contributed by atoms with Crippen LogP contribution in [0.15, 0.2) is 0 Å². The van der Waals surface area contributed by atoms with Crippen LogP contribution in [0.2, 0.25) is 0 Å². The topological polar surface area (TPSA) is 61.4 Å². The summed E-state index contributed by atoms with van der Waals surface area (Å²) >= 11 is 0. The number of nitrogens with zero attached hydrogens (tertiary/aromatic N) is 1. The third kappa shape index (κ3) is 4.70. The van der Waals surface area contributed by atoms with Crippen LogP contribution in [0.25, 0.3) is 0 Å². The monoisotopic (exact) mass is 295 g/mol. The summed E-state index contributed by atoms with van der Waals surface area (Å²) in [6, 6.07) is -0.165. The average Bonchev–Trinajstić information content (AvgIpc) is 3.00. The van der Waals surface area contributed by atoms with Gasteiger partial charge in [-0.05, 0) is 38.6 Å². The number of hydrogen-bond donors (Lipinski definition) is 2. The summed E-state index contributed by atoms with van der Waals surface area (Å²) in [5.41, 5.74) is 0. The molecule has 2 rings (SSSR count). The van der Waals surface area contributed by atoms with Crippen LogP contribution in [0.4, 0.5) is 0 Å². The summed E-state index contributed by atoms with van der Waals surface area (Å²) < 4.78 is 0. The van der Waals surface area contributed by atoms with Gasteiger partial charge in [0.25, 0.3) is 0 Å². The van der Waals surface area contributed by atoms with Gasteiger partial charge in [0.05, 0.1) is 0 Å². The molecule has 2 aliphatic rings. The Morgan fingerprint density at radius 2 is 1.95 bits per heavy atom. The van der Waals surface area contributed by atoms with Crippen LogP contribution in [0.5, 0.6) is 0 Å². The molecule has 2 fully saturated rings. The molecule has 1 aliphatic carbocycles. The molecule has 2 N–H and O–H groups in total. The lowest BCUT2D eigenvalue weighted by molar-refractivity contribution is -0.136. The lowest BCUT2D eigenvalue weighted by Gasteiger charge is -2.28. The number of hydrogen-bond acceptors (Lipinski definition) is 3. The number of amides is 2. The Bertz CT molecular complexity index is 361. The summed E-state index contributed by atoms with van der Waals surface area (Å²) in [7, 11) is 1.84. The standard InChI is InChI=1S/C16H29N3O2/c1-12(16(21)19(2)14-8-9-17-11-14)18-15(20)10-13-6-4-3-5-7-13/h12-14,17H,3-11H2,1-2H3,(H,18,20). The number of rotatable bonds is 5. The maximum atomic E-state index is 12.3. The van der Waals surface area contributed by atoms with E-state index in [2.05, 4.69) is 10.6 Å². The maximum absolute atomic E-state index is 12.3. The van der Waals surface area contributed by atoms with Crippen molar-refractivity contribution in [3.05, 3.63) is 0 Å². The largest absolute Gasteiger partial charge is 0.345 e. The predicted octanol–water partition coefficient (Wildman–Crippen LogP) is 1.28. The average molecular weight is 295 g/mol. The SMILES string of the molecule is CC(NC(=O)CC1CCCCC1)C(=O)N(C)C1CCNC1. The van der Waals surface area contributed by atoms with Gasteiger partial charge in [-0.15, -0.1) is 0 Å². The van der Waals surface area contributed by atoms with Crippen molar-refractivity contribution in [2.75, 3.05) is 20.1 Å². The quantitative estimate of drug-likeness (QED) is 0.803. The second-order valence-electron chi connectivity index (χ2n) is 6.59. The van der Waals surface area contributed by atoms with Crippen LogP contribution in [0.3, 0.4) is 0 Å². The van der Waals surface area contributed by atoms with E-state index < -0.39 is 6.04 Å². The first-order valence-corrected chi connectivity index (χ1v) is 8.34. The fourth-order valence-corrected chi connectivity index (χ4v) is 3.47. The van der Waals surface area contributed by atoms with E-state index in [-0.39, 0.29) is 17.9 Å². The van der Waals surface area contributed by atoms with Gasteiger partial charge in [-0.1, -0.05) is 19.3 Å². The molecule has 0 spiro atoms. The van der Waals surface area contributed by atoms with Gasteiger partial charge in [-0.2, -0.15) is 0 Å². The summed E-state index contributed by atoms with van der Waals surface area (Å²) in [5.74, 6) is 0.555. The van der Waals surface area contributed by atoms with Gasteiger partial charge in [0.2, 0.25) is 11.8 Å². The third-order valence-corrected chi connectivity index (χ3v) is 4.88. The highest BCUT2D eigenvalue weighted by Gasteiger charge is 2.27. The summed E-state index contributed by atoms with van der Waals surface area (Å²) in [4.78, 5) is 26.2. The van der Waals surface area contributed by atoms with Crippen LogP contribution in [0.1, 0.15) is 51.9 Å². The second-order valence-corrected chi connectivity index (χ2v) is 6.59. The second kappa shape index (κ2) is 7.78. The predicted molar refractivity (Wildman–Crippen MR) is 82.8 cm³/mol. The van der Waals surface area contributed by atoms with E-state index in [1.165, 1.54) is 19.3 Å². The third-order valence-electron chi connectivity index (χ3n) is 4.88. The zero-order chi connectivity index (χ0) is 15.2. The van der Waals surface area contributed by atoms with Gasteiger partial charge in [0.15, 0.2) is 0 Å². The molecule has 120 valence electrons. The molecular formula is C16H29N3O2. The smallest absolute Gasteiger partial charge is 0.244 e. The van der Waals surface area contributed by atoms with E-state index in [4.69, 9.17) is 0 Å². The van der Waals surface area contributed by atoms with E-state index in [1.807, 2.05) is 7.05 Å². The highest BCUT2D eigenvalue weighted by atomic mass is 16.2. The summed E-state index contributed by atoms with van der Waals surface area (Å²) in [5, 5.41) is 6.14. The number of carbonyl (C=O) groups is 2. The minimum Gasteiger partial charge on any atom is -0.345 e. The van der Waals surface area contributed by atoms with E-state index in [0.29, 0.717) is 12.3 Å². The lowest BCUT2D eigenvalue weighted by Crippen LogP contribution is -2.49. The first-order valence-electron chi connectivity index (χ1n) is 8.34. The van der Waals surface area contributed by atoms with Crippen molar-refractivity contribution >= 4 is 11.8 Å². The van der Waals surface area contributed by atoms with Crippen molar-refractivity contribution in [2.24, 2.45) is 5.92 Å². The number of likely N-dealkylation sites (N-methyl/N-ethyl adjacent to an activating group) is 1. The number of nitrogens with one attached hydrogen (secondary N) is 2. The molecule has 0 aromatic carbocycles. The Balaban J connectivity index is 1.75. The zero-order valence-electron chi connectivity index (χ0n) is 13.4. The van der Waals surface area contributed by atoms with Crippen molar-refractivity contribution in [3.63, 3.8) is 0 Å². The first-order chi connectivity index (χ1) is 10.1. The van der Waals surface area contributed by atoms with Gasteiger partial charge in [-0.3, -0.25) is 9.59 Å². The molecule has 1 aliphatic heterocycles. The van der Waals surface area contributed by atoms with Gasteiger partial charge >= 0.3 is 0 Å². The maximum Gasteiger partial charge on any atom is 0.244 e. The molecule has 2 atom stereocenters. The summed E-state index contributed by atoms with van der Waals surface area (Å²) in [6.07, 6.45) is 7.66. The minimum absolute atomic E-state index is 0.0145. The molecular weight excluding hydrogens is 266 g/mol. The molecule has 0 bridgehead atoms. The van der Waals surface area contributed by atoms with Gasteiger partial charge in [0.1, 0.15) is 6.04 Å². The molecule has 0 radical (unpaired) electrons. The summed E-state index contributed by atoms with van der Waals surface area (Å²) in [6.45, 7) is 3.61. The molecule has 5 nitrogen and oxygen atoms in total. The minimum atomic E-state index is -0.424. The van der Waals surface area contributed by atoms with Crippen LogP contribution < -0.4 is 10.6 Å². The molecule has 5 heteroatoms. The Morgan fingerprint density at radius 3 is 2.57 bits per heavy atom. The van der Waals surface area contributed by atoms with Crippen molar-refractivity contribution in [1.29, 1.82) is 0 Å². The fourth-order valence-electron chi connectivity index (χ4n) is 3.47. The molecule has 21 heavy (non-hydrogen) atoms. The van der Waals surface area contributed by atoms with Gasteiger partial charge < -0.3 is 15.5 Å². The molecule has 2 unspecified atom stereocenters. The van der Waals surface area contributed by atoms with E-state index in [9.17, 15) is 9.59 Å². The fraction of sp³-hybridized carbons (Fsp3) is 0.875. The van der Waals surface area contributed by atoms with Crippen molar-refractivity contribution in [1.82, 2.24) is 15.5 Å². The molecule has 0 aromatic heterocycles. The van der Waals surface area contributed by atoms with E-state index >= 15 is 0 Å². The van der Waals surface area contributed by atoms with Crippen LogP contribution in [-0.2, 0) is 9.59 Å². The van der Waals surface area contributed by atoms with Crippen molar-refractivity contribution in [2.45, 2.75) is 64.0 Å². The Morgan fingerprint density at radius 1 is 1.24 bits per heavy atom. The number of carbonyl (C=O) groups excluding carboxylic acids is 2. The van der Waals surface area contributed by atoms with Gasteiger partial charge in [-0.25, -0.2) is 0 Å². The zero-order valence-corrected chi connectivity index (χ0v) is 13.4. The van der Waals surface area contributed by atoms with Crippen molar-refractivity contribution < 1.29 is 9.59 Å². The van der Waals surface area contributed by atoms with Gasteiger partial charge in [0, 0.05) is 26.1 Å². The molecule has 0 aromatic rings. The van der Waals surface area contributed by atoms with Crippen molar-refractivity contribution in [3.8, 4) is 0 Å². The van der Waals surface area contributed by atoms with Crippen LogP contribution in [0, 0.1) is 5.92 Å². The molecule has 1 saturated heterocycles. The van der Waals surface area contributed by atoms with E-state index in [0.717, 1.165) is 32.4 Å². The normalized spacial score (nSPS) is 24.6. The van der Waals surface area contributed by atoms with Crippen LogP contribution >= 0.6 is 0 Å². The highest BCUT2D eigenvalue weighted by Crippen LogP contribution is 2.26. The highest BCUT2D eigenvalue weighted by molar-refractivity contribution is 5.87. The molecule has 1 heterocycles. The Labute approximate surface area is 127 Å². The van der Waals surface area contributed by atoms with E-state index in [1.54, 1.807) is 11.8 Å². The Kier molecular flexibility index (Phi) is 6.03. The molecule has 1 saturated carbocycles. The Hall–Kier alpha value is -1.10. The first kappa shape index (κ1) is 16.3. The molecule has 2 amide bonds.